The molecule has 0 aliphatic carbocycles. The van der Waals surface area contributed by atoms with Crippen molar-refractivity contribution in [2.75, 3.05) is 20.6 Å². The van der Waals surface area contributed by atoms with Gasteiger partial charge in [0.25, 0.3) is 0 Å². The quantitative estimate of drug-likeness (QED) is 0.796. The van der Waals surface area contributed by atoms with Gasteiger partial charge in [0.15, 0.2) is 0 Å². The Bertz CT molecular complexity index is 394. The van der Waals surface area contributed by atoms with Crippen LogP contribution in [-0.4, -0.2) is 42.5 Å². The predicted octanol–water partition coefficient (Wildman–Crippen LogP) is 0.784. The van der Waals surface area contributed by atoms with Crippen LogP contribution in [0.5, 0.6) is 0 Å². The van der Waals surface area contributed by atoms with Gasteiger partial charge < -0.3 is 11.1 Å². The molecular formula is C14H24N4O. The highest BCUT2D eigenvalue weighted by Gasteiger charge is 2.24. The fraction of sp³-hybridized carbons (Fsp3) is 0.571. The van der Waals surface area contributed by atoms with Gasteiger partial charge in [-0.25, -0.2) is 0 Å². The number of nitrogens with two attached hydrogens (primary N) is 1. The first kappa shape index (κ1) is 15.6. The van der Waals surface area contributed by atoms with E-state index in [1.54, 1.807) is 13.2 Å². The molecule has 0 saturated carbocycles. The zero-order valence-corrected chi connectivity index (χ0v) is 12.1. The number of pyridine rings is 1. The van der Waals surface area contributed by atoms with Gasteiger partial charge >= 0.3 is 0 Å². The smallest absolute Gasteiger partial charge is 0.223 e. The van der Waals surface area contributed by atoms with Crippen LogP contribution in [0.2, 0.25) is 0 Å². The molecule has 0 radical (unpaired) electrons. The summed E-state index contributed by atoms with van der Waals surface area (Å²) in [6.07, 6.45) is 3.57. The molecule has 5 heteroatoms. The Labute approximate surface area is 115 Å². The maximum atomic E-state index is 11.6. The van der Waals surface area contributed by atoms with E-state index < -0.39 is 0 Å². The van der Waals surface area contributed by atoms with Crippen molar-refractivity contribution in [1.82, 2.24) is 15.2 Å². The molecule has 0 aliphatic rings. The Morgan fingerprint density at radius 3 is 2.68 bits per heavy atom. The second-order valence-corrected chi connectivity index (χ2v) is 5.05. The zero-order chi connectivity index (χ0) is 14.4. The van der Waals surface area contributed by atoms with E-state index in [-0.39, 0.29) is 23.9 Å². The van der Waals surface area contributed by atoms with Crippen LogP contribution in [0.4, 0.5) is 0 Å². The molecule has 0 saturated heterocycles. The Morgan fingerprint density at radius 2 is 2.21 bits per heavy atom. The Balaban J connectivity index is 2.80. The number of hydrogen-bond acceptors (Lipinski definition) is 4. The first-order valence-electron chi connectivity index (χ1n) is 6.54. The monoisotopic (exact) mass is 264 g/mol. The third kappa shape index (κ3) is 4.29. The number of nitrogens with zero attached hydrogens (tertiary/aromatic N) is 2. The second-order valence-electron chi connectivity index (χ2n) is 5.05. The Kier molecular flexibility index (Phi) is 5.92. The van der Waals surface area contributed by atoms with Gasteiger partial charge in [-0.3, -0.25) is 14.7 Å². The van der Waals surface area contributed by atoms with Crippen molar-refractivity contribution in [2.24, 2.45) is 11.7 Å². The molecule has 1 aromatic heterocycles. The van der Waals surface area contributed by atoms with Crippen LogP contribution in [0.25, 0.3) is 0 Å². The maximum absolute atomic E-state index is 11.6. The lowest BCUT2D eigenvalue weighted by Gasteiger charge is -2.32. The lowest BCUT2D eigenvalue weighted by Crippen LogP contribution is -2.42. The van der Waals surface area contributed by atoms with Gasteiger partial charge in [0.05, 0.1) is 6.04 Å². The summed E-state index contributed by atoms with van der Waals surface area (Å²) in [6, 6.07) is 3.94. The first-order valence-corrected chi connectivity index (χ1v) is 6.54. The van der Waals surface area contributed by atoms with Crippen LogP contribution in [0.3, 0.4) is 0 Å². The largest absolute Gasteiger partial charge is 0.359 e. The van der Waals surface area contributed by atoms with Crippen molar-refractivity contribution >= 4 is 5.91 Å². The number of likely N-dealkylation sites (N-methyl/N-ethyl adjacent to an activating group) is 1. The topological polar surface area (TPSA) is 71.2 Å². The molecule has 3 N–H and O–H groups in total. The normalized spacial score (nSPS) is 15.9. The molecule has 0 spiro atoms. The summed E-state index contributed by atoms with van der Waals surface area (Å²) in [5.41, 5.74) is 7.16. The lowest BCUT2D eigenvalue weighted by molar-refractivity contribution is -0.124. The molecule has 3 unspecified atom stereocenters. The average molecular weight is 264 g/mol. The molecule has 5 nitrogen and oxygen atoms in total. The van der Waals surface area contributed by atoms with Gasteiger partial charge in [0.1, 0.15) is 0 Å². The van der Waals surface area contributed by atoms with Crippen LogP contribution in [0, 0.1) is 5.92 Å². The minimum Gasteiger partial charge on any atom is -0.359 e. The number of amides is 1. The van der Waals surface area contributed by atoms with E-state index in [0.29, 0.717) is 6.54 Å². The number of hydrogen-bond donors (Lipinski definition) is 2. The number of carbonyl (C=O) groups is 1. The highest BCUT2D eigenvalue weighted by atomic mass is 16.1. The molecule has 0 aliphatic heterocycles. The van der Waals surface area contributed by atoms with Crippen molar-refractivity contribution in [2.45, 2.75) is 25.9 Å². The predicted molar refractivity (Wildman–Crippen MR) is 76.5 cm³/mol. The highest BCUT2D eigenvalue weighted by Crippen LogP contribution is 2.22. The standard InChI is InChI=1S/C14H24N4O/c1-10(14(19)16-3)9-18(4)13(11(2)15)12-6-5-7-17-8-12/h5-8,10-11,13H,9,15H2,1-4H3,(H,16,19). The molecule has 106 valence electrons. The fourth-order valence-corrected chi connectivity index (χ4v) is 2.39. The van der Waals surface area contributed by atoms with Crippen LogP contribution < -0.4 is 11.1 Å². The van der Waals surface area contributed by atoms with Gasteiger partial charge in [-0.15, -0.1) is 0 Å². The van der Waals surface area contributed by atoms with E-state index in [2.05, 4.69) is 15.2 Å². The van der Waals surface area contributed by atoms with Gasteiger partial charge in [-0.1, -0.05) is 13.0 Å². The molecule has 0 aromatic carbocycles. The SMILES string of the molecule is CNC(=O)C(C)CN(C)C(c1cccnc1)C(C)N. The molecule has 0 fully saturated rings. The molecule has 1 aromatic rings. The number of rotatable bonds is 6. The maximum Gasteiger partial charge on any atom is 0.223 e. The van der Waals surface area contributed by atoms with Gasteiger partial charge in [0.2, 0.25) is 5.91 Å². The highest BCUT2D eigenvalue weighted by molar-refractivity contribution is 5.78. The summed E-state index contributed by atoms with van der Waals surface area (Å²) in [6.45, 7) is 4.54. The van der Waals surface area contributed by atoms with E-state index in [0.717, 1.165) is 5.56 Å². The summed E-state index contributed by atoms with van der Waals surface area (Å²) in [5.74, 6) is -0.0330. The van der Waals surface area contributed by atoms with Crippen LogP contribution in [0.15, 0.2) is 24.5 Å². The van der Waals surface area contributed by atoms with E-state index in [4.69, 9.17) is 5.73 Å². The van der Waals surface area contributed by atoms with E-state index >= 15 is 0 Å². The Morgan fingerprint density at radius 1 is 1.53 bits per heavy atom. The summed E-state index contributed by atoms with van der Waals surface area (Å²) in [4.78, 5) is 17.8. The van der Waals surface area contributed by atoms with Crippen LogP contribution >= 0.6 is 0 Å². The third-order valence-corrected chi connectivity index (χ3v) is 3.25. The minimum atomic E-state index is -0.0760. The number of nitrogens with one attached hydrogen (secondary N) is 1. The summed E-state index contributed by atoms with van der Waals surface area (Å²) in [7, 11) is 3.64. The van der Waals surface area contributed by atoms with Gasteiger partial charge in [-0.05, 0) is 25.6 Å². The Hall–Kier alpha value is -1.46. The molecule has 1 rings (SSSR count). The van der Waals surface area contributed by atoms with Crippen molar-refractivity contribution in [3.05, 3.63) is 30.1 Å². The molecule has 3 atom stereocenters. The van der Waals surface area contributed by atoms with E-state index in [1.165, 1.54) is 0 Å². The average Bonchev–Trinajstić information content (AvgIpc) is 2.38. The summed E-state index contributed by atoms with van der Waals surface area (Å²) < 4.78 is 0. The summed E-state index contributed by atoms with van der Waals surface area (Å²) >= 11 is 0. The fourth-order valence-electron chi connectivity index (χ4n) is 2.39. The molecular weight excluding hydrogens is 240 g/mol. The number of aromatic nitrogens is 1. The van der Waals surface area contributed by atoms with E-state index in [1.807, 2.05) is 39.2 Å². The molecule has 1 heterocycles. The van der Waals surface area contributed by atoms with Crippen molar-refractivity contribution in [3.8, 4) is 0 Å². The second kappa shape index (κ2) is 7.21. The van der Waals surface area contributed by atoms with Crippen LogP contribution in [0.1, 0.15) is 25.5 Å². The van der Waals surface area contributed by atoms with E-state index in [9.17, 15) is 4.79 Å². The molecule has 1 amide bonds. The van der Waals surface area contributed by atoms with Gasteiger partial charge in [-0.2, -0.15) is 0 Å². The van der Waals surface area contributed by atoms with Crippen molar-refractivity contribution in [1.29, 1.82) is 0 Å². The first-order chi connectivity index (χ1) is 8.97. The lowest BCUT2D eigenvalue weighted by atomic mass is 10.00. The minimum absolute atomic E-state index is 0.0360. The third-order valence-electron chi connectivity index (χ3n) is 3.25. The molecule has 19 heavy (non-hydrogen) atoms. The molecule has 0 bridgehead atoms. The van der Waals surface area contributed by atoms with Crippen molar-refractivity contribution < 1.29 is 4.79 Å². The van der Waals surface area contributed by atoms with Crippen molar-refractivity contribution in [3.63, 3.8) is 0 Å². The summed E-state index contributed by atoms with van der Waals surface area (Å²) in [5, 5.41) is 2.67. The zero-order valence-electron chi connectivity index (χ0n) is 12.1. The number of carbonyl (C=O) groups excluding carboxylic acids is 1. The van der Waals surface area contributed by atoms with Gasteiger partial charge in [0, 0.05) is 37.9 Å². The van der Waals surface area contributed by atoms with Crippen LogP contribution in [-0.2, 0) is 4.79 Å².